The second kappa shape index (κ2) is 15.1. The molecule has 0 spiro atoms. The molecule has 3 fully saturated rings. The lowest BCUT2D eigenvalue weighted by atomic mass is 10.00. The van der Waals surface area contributed by atoms with Gasteiger partial charge in [0.1, 0.15) is 6.04 Å². The van der Waals surface area contributed by atoms with Gasteiger partial charge in [-0.05, 0) is 62.3 Å². The third-order valence-corrected chi connectivity index (χ3v) is 9.79. The van der Waals surface area contributed by atoms with Crippen LogP contribution in [-0.4, -0.2) is 96.1 Å². The number of hydrogen-bond acceptors (Lipinski definition) is 7. The van der Waals surface area contributed by atoms with Crippen molar-refractivity contribution < 1.29 is 23.9 Å². The van der Waals surface area contributed by atoms with Gasteiger partial charge in [-0.1, -0.05) is 59.6 Å². The zero-order chi connectivity index (χ0) is 31.2. The molecule has 0 aliphatic carbocycles. The fourth-order valence-corrected chi connectivity index (χ4v) is 7.16. The van der Waals surface area contributed by atoms with Gasteiger partial charge in [0.2, 0.25) is 11.8 Å². The largest absolute Gasteiger partial charge is 0.466 e. The number of esters is 1. The smallest absolute Gasteiger partial charge is 0.305 e. The summed E-state index contributed by atoms with van der Waals surface area (Å²) in [7, 11) is 0. The van der Waals surface area contributed by atoms with Crippen LogP contribution in [0.1, 0.15) is 56.2 Å². The summed E-state index contributed by atoms with van der Waals surface area (Å²) in [5.41, 5.74) is 8.48. The van der Waals surface area contributed by atoms with Gasteiger partial charge in [-0.15, -0.1) is 0 Å². The van der Waals surface area contributed by atoms with Gasteiger partial charge >= 0.3 is 5.97 Å². The highest BCUT2D eigenvalue weighted by atomic mass is 35.5. The van der Waals surface area contributed by atoms with E-state index in [9.17, 15) is 14.4 Å². The maximum Gasteiger partial charge on any atom is 0.305 e. The highest BCUT2D eigenvalue weighted by Crippen LogP contribution is 2.34. The number of hydrogen-bond donors (Lipinski definition) is 1. The molecule has 3 saturated heterocycles. The Morgan fingerprint density at radius 3 is 2.64 bits per heavy atom. The van der Waals surface area contributed by atoms with Crippen molar-refractivity contribution >= 4 is 41.0 Å². The van der Waals surface area contributed by atoms with Gasteiger partial charge < -0.3 is 25.0 Å². The molecule has 2 amide bonds. The molecule has 5 atom stereocenters. The second-order valence-corrected chi connectivity index (χ2v) is 12.7. The minimum atomic E-state index is -0.832. The minimum Gasteiger partial charge on any atom is -0.466 e. The number of aryl methyl sites for hydroxylation is 1. The average Bonchev–Trinajstić information content (AvgIpc) is 3.37. The highest BCUT2D eigenvalue weighted by molar-refractivity contribution is 6.42. The van der Waals surface area contributed by atoms with Gasteiger partial charge in [0.05, 0.1) is 41.9 Å². The Morgan fingerprint density at radius 2 is 1.89 bits per heavy atom. The number of morpholine rings is 1. The maximum absolute atomic E-state index is 14.5. The highest BCUT2D eigenvalue weighted by Gasteiger charge is 2.47. The fourth-order valence-electron chi connectivity index (χ4n) is 6.85. The third kappa shape index (κ3) is 7.57. The van der Waals surface area contributed by atoms with E-state index < -0.39 is 18.1 Å². The van der Waals surface area contributed by atoms with Crippen LogP contribution in [0.25, 0.3) is 0 Å². The number of nitrogens with two attached hydrogens (primary N) is 1. The number of benzene rings is 2. The molecule has 2 unspecified atom stereocenters. The molecular weight excluding hydrogens is 603 g/mol. The Hall–Kier alpha value is -2.69. The molecule has 9 nitrogen and oxygen atoms in total. The summed E-state index contributed by atoms with van der Waals surface area (Å²) in [6, 6.07) is 14.0. The molecule has 2 aromatic carbocycles. The standard InChI is InChI=1S/C33H42Cl2N4O5/c1-2-44-31(40)13-12-28(32(41)38-16-17-43-21-30(38)23-9-11-26(34)27(35)18-23)37-15-14-25(10-8-22-6-4-3-5-7-22)39-20-24(36)19-29(39)33(37)42/h3-7,9,11,18,24-25,28-30H,2,8,10,12-17,19-21,36H2,1H3/t24-,25?,28-,29?,30+/m1/s1. The van der Waals surface area contributed by atoms with Crippen molar-refractivity contribution in [3.63, 3.8) is 0 Å². The zero-order valence-corrected chi connectivity index (χ0v) is 26.7. The lowest BCUT2D eigenvalue weighted by Gasteiger charge is -2.41. The van der Waals surface area contributed by atoms with Crippen molar-refractivity contribution in [3.8, 4) is 0 Å². The summed E-state index contributed by atoms with van der Waals surface area (Å²) in [6.07, 6.45) is 3.23. The zero-order valence-electron chi connectivity index (χ0n) is 25.2. The van der Waals surface area contributed by atoms with Gasteiger partial charge in [0.15, 0.2) is 0 Å². The summed E-state index contributed by atoms with van der Waals surface area (Å²) in [5, 5.41) is 0.816. The summed E-state index contributed by atoms with van der Waals surface area (Å²) in [4.78, 5) is 47.1. The first-order chi connectivity index (χ1) is 21.3. The maximum atomic E-state index is 14.5. The molecule has 3 aliphatic heterocycles. The fraction of sp³-hybridized carbons (Fsp3) is 0.545. The molecule has 0 aromatic heterocycles. The van der Waals surface area contributed by atoms with Crippen LogP contribution in [0.5, 0.6) is 0 Å². The number of carbonyl (C=O) groups excluding carboxylic acids is 3. The Balaban J connectivity index is 1.42. The first kappa shape index (κ1) is 32.7. The molecule has 3 aliphatic rings. The second-order valence-electron chi connectivity index (χ2n) is 11.9. The van der Waals surface area contributed by atoms with E-state index in [1.54, 1.807) is 28.9 Å². The Morgan fingerprint density at radius 1 is 1.09 bits per heavy atom. The first-order valence-corrected chi connectivity index (χ1v) is 16.4. The van der Waals surface area contributed by atoms with Crippen LogP contribution in [-0.2, 0) is 30.3 Å². The predicted octanol–water partition coefficient (Wildman–Crippen LogP) is 4.24. The minimum absolute atomic E-state index is 0.0289. The van der Waals surface area contributed by atoms with Crippen LogP contribution in [0.15, 0.2) is 48.5 Å². The van der Waals surface area contributed by atoms with Gasteiger partial charge in [-0.25, -0.2) is 0 Å². The number of halogens is 2. The van der Waals surface area contributed by atoms with Crippen molar-refractivity contribution in [1.29, 1.82) is 0 Å². The van der Waals surface area contributed by atoms with Crippen LogP contribution < -0.4 is 5.73 Å². The molecule has 11 heteroatoms. The topological polar surface area (TPSA) is 105 Å². The Labute approximate surface area is 269 Å². The van der Waals surface area contributed by atoms with Crippen molar-refractivity contribution in [2.75, 3.05) is 39.5 Å². The van der Waals surface area contributed by atoms with Crippen molar-refractivity contribution in [1.82, 2.24) is 14.7 Å². The summed E-state index contributed by atoms with van der Waals surface area (Å²) in [5.74, 6) is -0.693. The van der Waals surface area contributed by atoms with Gasteiger partial charge in [0.25, 0.3) is 0 Å². The van der Waals surface area contributed by atoms with E-state index in [4.69, 9.17) is 38.4 Å². The van der Waals surface area contributed by atoms with E-state index in [0.29, 0.717) is 49.1 Å². The molecular formula is C33H42Cl2N4O5. The van der Waals surface area contributed by atoms with Crippen LogP contribution in [0.2, 0.25) is 10.0 Å². The lowest BCUT2D eigenvalue weighted by Crippen LogP contribution is -2.56. The number of rotatable bonds is 10. The van der Waals surface area contributed by atoms with E-state index in [1.807, 2.05) is 24.3 Å². The van der Waals surface area contributed by atoms with Crippen LogP contribution in [0, 0.1) is 0 Å². The van der Waals surface area contributed by atoms with Crippen molar-refractivity contribution in [2.45, 2.75) is 75.7 Å². The third-order valence-electron chi connectivity index (χ3n) is 9.05. The molecule has 2 N–H and O–H groups in total. The molecule has 3 heterocycles. The van der Waals surface area contributed by atoms with E-state index in [2.05, 4.69) is 17.0 Å². The summed E-state index contributed by atoms with van der Waals surface area (Å²) < 4.78 is 11.0. The van der Waals surface area contributed by atoms with Crippen LogP contribution >= 0.6 is 23.2 Å². The number of fused-ring (bicyclic) bond motifs is 1. The van der Waals surface area contributed by atoms with Crippen LogP contribution in [0.3, 0.4) is 0 Å². The molecule has 44 heavy (non-hydrogen) atoms. The molecule has 238 valence electrons. The lowest BCUT2D eigenvalue weighted by molar-refractivity contribution is -0.154. The number of ether oxygens (including phenoxy) is 2. The summed E-state index contributed by atoms with van der Waals surface area (Å²) in [6.45, 7) is 4.07. The van der Waals surface area contributed by atoms with E-state index in [1.165, 1.54) is 5.56 Å². The Kier molecular flexibility index (Phi) is 11.2. The van der Waals surface area contributed by atoms with Crippen molar-refractivity contribution in [3.05, 3.63) is 69.7 Å². The van der Waals surface area contributed by atoms with Gasteiger partial charge in [-0.3, -0.25) is 19.3 Å². The Bertz CT molecular complexity index is 1310. The molecule has 0 saturated carbocycles. The predicted molar refractivity (Wildman–Crippen MR) is 169 cm³/mol. The van der Waals surface area contributed by atoms with E-state index >= 15 is 0 Å². The number of nitrogens with zero attached hydrogens (tertiary/aromatic N) is 3. The molecule has 2 aromatic rings. The number of amides is 2. The SMILES string of the molecule is CCOC(=O)CC[C@H](C(=O)N1CCOC[C@H]1c1ccc(Cl)c(Cl)c1)N1CCC(CCc2ccccc2)N2C[C@H](N)CC2C1=O. The first-order valence-electron chi connectivity index (χ1n) is 15.6. The normalized spacial score (nSPS) is 25.0. The monoisotopic (exact) mass is 644 g/mol. The quantitative estimate of drug-likeness (QED) is 0.386. The molecule has 0 radical (unpaired) electrons. The van der Waals surface area contributed by atoms with Crippen molar-refractivity contribution in [2.24, 2.45) is 5.73 Å². The van der Waals surface area contributed by atoms with E-state index in [-0.39, 0.29) is 55.9 Å². The summed E-state index contributed by atoms with van der Waals surface area (Å²) >= 11 is 12.5. The van der Waals surface area contributed by atoms with Gasteiger partial charge in [0, 0.05) is 38.1 Å². The average molecular weight is 646 g/mol. The molecule has 0 bridgehead atoms. The number of carbonyl (C=O) groups is 3. The van der Waals surface area contributed by atoms with Gasteiger partial charge in [-0.2, -0.15) is 0 Å². The van der Waals surface area contributed by atoms with E-state index in [0.717, 1.165) is 18.4 Å². The molecule has 5 rings (SSSR count). The van der Waals surface area contributed by atoms with Crippen LogP contribution in [0.4, 0.5) is 0 Å².